The van der Waals surface area contributed by atoms with Crippen molar-refractivity contribution in [3.8, 4) is 11.6 Å². The van der Waals surface area contributed by atoms with Crippen molar-refractivity contribution < 1.29 is 13.5 Å². The molecule has 1 aliphatic heterocycles. The molecule has 0 unspecified atom stereocenters. The van der Waals surface area contributed by atoms with E-state index in [1.807, 2.05) is 31.2 Å². The van der Waals surface area contributed by atoms with Crippen LogP contribution in [0.25, 0.3) is 10.9 Å². The van der Waals surface area contributed by atoms with Crippen molar-refractivity contribution in [2.45, 2.75) is 39.3 Å². The molecule has 36 heavy (non-hydrogen) atoms. The minimum Gasteiger partial charge on any atom is -0.446 e. The van der Waals surface area contributed by atoms with Gasteiger partial charge < -0.3 is 20.3 Å². The summed E-state index contributed by atoms with van der Waals surface area (Å²) in [5.41, 5.74) is 3.14. The van der Waals surface area contributed by atoms with E-state index in [1.165, 1.54) is 6.33 Å². The number of aromatic nitrogens is 2. The highest BCUT2D eigenvalue weighted by molar-refractivity contribution is 5.76. The first kappa shape index (κ1) is 23.7. The van der Waals surface area contributed by atoms with Crippen molar-refractivity contribution in [2.75, 3.05) is 23.3 Å². The van der Waals surface area contributed by atoms with Crippen LogP contribution in [0.3, 0.4) is 0 Å². The number of fused-ring (bicyclic) bond motifs is 1. The quantitative estimate of drug-likeness (QED) is 0.430. The first-order chi connectivity index (χ1) is 17.3. The minimum absolute atomic E-state index is 0.0293. The maximum atomic E-state index is 15.1. The third kappa shape index (κ3) is 4.60. The maximum absolute atomic E-state index is 15.1. The summed E-state index contributed by atoms with van der Waals surface area (Å²) >= 11 is 0. The first-order valence-electron chi connectivity index (χ1n) is 11.8. The molecule has 2 atom stereocenters. The van der Waals surface area contributed by atoms with E-state index in [1.54, 1.807) is 6.08 Å². The lowest BCUT2D eigenvalue weighted by Crippen LogP contribution is -2.54. The molecule has 184 valence electrons. The fourth-order valence-electron chi connectivity index (χ4n) is 4.80. The van der Waals surface area contributed by atoms with Crippen LogP contribution in [-0.2, 0) is 6.42 Å². The van der Waals surface area contributed by atoms with E-state index >= 15 is 4.39 Å². The smallest absolute Gasteiger partial charge is 0.288 e. The van der Waals surface area contributed by atoms with Crippen LogP contribution in [0, 0.1) is 18.2 Å². The van der Waals surface area contributed by atoms with Crippen LogP contribution >= 0.6 is 0 Å². The predicted octanol–water partition coefficient (Wildman–Crippen LogP) is 5.99. The summed E-state index contributed by atoms with van der Waals surface area (Å²) in [5.74, 6) is -1.50. The summed E-state index contributed by atoms with van der Waals surface area (Å²) in [7, 11) is 0. The fraction of sp³-hybridized carbons (Fsp3) is 0.296. The number of hydrogen-bond acceptors (Lipinski definition) is 6. The number of ether oxygens (including phenoxy) is 1. The molecular weight excluding hydrogens is 462 g/mol. The van der Waals surface area contributed by atoms with E-state index in [9.17, 15) is 4.39 Å². The Labute approximate surface area is 208 Å². The highest BCUT2D eigenvalue weighted by Crippen LogP contribution is 2.40. The Bertz CT molecular complexity index is 1370. The topological polar surface area (TPSA) is 66.7 Å². The summed E-state index contributed by atoms with van der Waals surface area (Å²) in [6.07, 6.45) is 3.18. The van der Waals surface area contributed by atoms with Gasteiger partial charge in [-0.15, -0.1) is 0 Å². The molecule has 2 heterocycles. The van der Waals surface area contributed by atoms with Crippen LogP contribution in [-0.4, -0.2) is 35.1 Å². The van der Waals surface area contributed by atoms with Gasteiger partial charge >= 0.3 is 0 Å². The largest absolute Gasteiger partial charge is 0.446 e. The van der Waals surface area contributed by atoms with Crippen molar-refractivity contribution in [1.29, 1.82) is 0 Å². The first-order valence-corrected chi connectivity index (χ1v) is 11.8. The zero-order chi connectivity index (χ0) is 25.4. The molecule has 3 aromatic rings. The molecule has 0 spiro atoms. The van der Waals surface area contributed by atoms with Gasteiger partial charge in [-0.05, 0) is 51.5 Å². The summed E-state index contributed by atoms with van der Waals surface area (Å²) in [5, 5.41) is 6.64. The van der Waals surface area contributed by atoms with Gasteiger partial charge in [0.15, 0.2) is 11.6 Å². The summed E-state index contributed by atoms with van der Waals surface area (Å²) < 4.78 is 35.2. The van der Waals surface area contributed by atoms with Gasteiger partial charge in [0.05, 0.1) is 6.57 Å². The molecule has 2 N–H and O–H groups in total. The number of hydrogen-bond donors (Lipinski definition) is 2. The van der Waals surface area contributed by atoms with Crippen LogP contribution in [0.1, 0.15) is 31.9 Å². The molecule has 1 fully saturated rings. The second-order valence-corrected chi connectivity index (χ2v) is 9.37. The Morgan fingerprint density at radius 2 is 1.86 bits per heavy atom. The second kappa shape index (κ2) is 9.55. The van der Waals surface area contributed by atoms with Gasteiger partial charge in [0, 0.05) is 53.7 Å². The Hall–Kier alpha value is -4.03. The van der Waals surface area contributed by atoms with Crippen LogP contribution in [0.5, 0.6) is 11.6 Å². The van der Waals surface area contributed by atoms with Crippen molar-refractivity contribution >= 4 is 29.0 Å². The molecule has 7 nitrogen and oxygen atoms in total. The van der Waals surface area contributed by atoms with Gasteiger partial charge in [0.2, 0.25) is 5.88 Å². The zero-order valence-electron chi connectivity index (χ0n) is 20.3. The molecule has 9 heteroatoms. The average molecular weight is 489 g/mol. The second-order valence-electron chi connectivity index (χ2n) is 9.37. The number of anilines is 3. The Balaban J connectivity index is 1.38. The van der Waals surface area contributed by atoms with Crippen LogP contribution in [0.4, 0.5) is 31.7 Å². The van der Waals surface area contributed by atoms with Crippen molar-refractivity contribution in [3.63, 3.8) is 0 Å². The van der Waals surface area contributed by atoms with Gasteiger partial charge in [0.25, 0.3) is 5.69 Å². The molecule has 2 aromatic carbocycles. The fourth-order valence-corrected chi connectivity index (χ4v) is 4.80. The molecule has 0 amide bonds. The van der Waals surface area contributed by atoms with E-state index in [0.29, 0.717) is 24.1 Å². The molecule has 1 aliphatic carbocycles. The van der Waals surface area contributed by atoms with Gasteiger partial charge in [0.1, 0.15) is 18.0 Å². The summed E-state index contributed by atoms with van der Waals surface area (Å²) in [6.45, 7) is 15.6. The normalized spacial score (nSPS) is 18.9. The standard InChI is InChI=1S/C27H26F2N6O/c1-15-9-20-21(10-15)24(29)23(11-22(20)28)36-27-25(30-4)26(31-14-32-27)34-18-5-7-19(8-6-18)35-12-16(2)33-17(3)13-35/h5-8,10-11,14,16-17,33H,9,12-13H2,1-3H3,(H,31,32,34)/t16-,17+. The number of allylic oxidation sites excluding steroid dienone is 1. The highest BCUT2D eigenvalue weighted by Gasteiger charge is 2.25. The molecule has 0 bridgehead atoms. The number of piperazine rings is 1. The van der Waals surface area contributed by atoms with Gasteiger partial charge in [-0.3, -0.25) is 0 Å². The van der Waals surface area contributed by atoms with Gasteiger partial charge in [-0.2, -0.15) is 0 Å². The number of nitrogens with one attached hydrogen (secondary N) is 2. The maximum Gasteiger partial charge on any atom is 0.288 e. The summed E-state index contributed by atoms with van der Waals surface area (Å²) in [6, 6.07) is 9.65. The molecular formula is C27H26F2N6O. The van der Waals surface area contributed by atoms with Crippen molar-refractivity contribution in [1.82, 2.24) is 15.3 Å². The van der Waals surface area contributed by atoms with Crippen molar-refractivity contribution in [2.24, 2.45) is 0 Å². The van der Waals surface area contributed by atoms with Crippen molar-refractivity contribution in [3.05, 3.63) is 76.4 Å². The van der Waals surface area contributed by atoms with E-state index in [4.69, 9.17) is 11.3 Å². The lowest BCUT2D eigenvalue weighted by molar-refractivity contribution is 0.407. The number of halogens is 2. The molecule has 2 aliphatic rings. The molecule has 1 aromatic heterocycles. The third-order valence-electron chi connectivity index (χ3n) is 6.33. The number of rotatable bonds is 5. The number of nitrogens with zero attached hydrogens (tertiary/aromatic N) is 4. The lowest BCUT2D eigenvalue weighted by atomic mass is 10.1. The third-order valence-corrected chi connectivity index (χ3v) is 6.33. The zero-order valence-corrected chi connectivity index (χ0v) is 20.3. The molecule has 1 saturated heterocycles. The van der Waals surface area contributed by atoms with Gasteiger partial charge in [-0.25, -0.2) is 23.6 Å². The Morgan fingerprint density at radius 1 is 1.14 bits per heavy atom. The molecule has 5 rings (SSSR count). The monoisotopic (exact) mass is 488 g/mol. The SMILES string of the molecule is [C-]#[N+]c1c(Nc2ccc(N3C[C@@H](C)N[C@@H](C)C3)cc2)ncnc1Oc1cc(F)c2c(c1F)C=C(C)C2. The van der Waals surface area contributed by atoms with Crippen LogP contribution in [0.15, 0.2) is 42.2 Å². The van der Waals surface area contributed by atoms with Crippen LogP contribution in [0.2, 0.25) is 0 Å². The van der Waals surface area contributed by atoms with Gasteiger partial charge in [-0.1, -0.05) is 11.6 Å². The highest BCUT2D eigenvalue weighted by atomic mass is 19.1. The molecule has 0 radical (unpaired) electrons. The molecule has 0 saturated carbocycles. The van der Waals surface area contributed by atoms with E-state index < -0.39 is 11.6 Å². The van der Waals surface area contributed by atoms with E-state index in [-0.39, 0.29) is 28.7 Å². The number of benzene rings is 2. The lowest BCUT2D eigenvalue weighted by Gasteiger charge is -2.37. The minimum atomic E-state index is -0.681. The Kier molecular flexibility index (Phi) is 6.29. The van der Waals surface area contributed by atoms with Crippen LogP contribution < -0.4 is 20.3 Å². The Morgan fingerprint density at radius 3 is 2.56 bits per heavy atom. The summed E-state index contributed by atoms with van der Waals surface area (Å²) in [4.78, 5) is 14.0. The van der Waals surface area contributed by atoms with E-state index in [2.05, 4.69) is 44.2 Å². The predicted molar refractivity (Wildman–Crippen MR) is 136 cm³/mol. The average Bonchev–Trinajstić information content (AvgIpc) is 3.25. The van der Waals surface area contributed by atoms with E-state index in [0.717, 1.165) is 36.1 Å².